The smallest absolute Gasteiger partial charge is 0.383 e. The van der Waals surface area contributed by atoms with Gasteiger partial charge in [-0.3, -0.25) is 14.9 Å². The number of nitro groups is 1. The number of amides is 1. The number of benzene rings is 1. The van der Waals surface area contributed by atoms with Crippen molar-refractivity contribution < 1.29 is 28.0 Å². The van der Waals surface area contributed by atoms with Crippen molar-refractivity contribution in [2.24, 2.45) is 5.92 Å². The number of halogens is 3. The molecule has 0 spiro atoms. The van der Waals surface area contributed by atoms with E-state index in [1.165, 1.54) is 17.0 Å². The summed E-state index contributed by atoms with van der Waals surface area (Å²) >= 11 is 0. The zero-order chi connectivity index (χ0) is 18.1. The molecule has 0 aromatic heterocycles. The molecule has 1 aromatic carbocycles. The van der Waals surface area contributed by atoms with Gasteiger partial charge in [0.1, 0.15) is 0 Å². The van der Waals surface area contributed by atoms with E-state index in [-0.39, 0.29) is 37.2 Å². The lowest BCUT2D eigenvalue weighted by molar-refractivity contribution is -0.384. The molecule has 1 aliphatic rings. The molecule has 24 heavy (non-hydrogen) atoms. The first-order chi connectivity index (χ1) is 11.1. The third kappa shape index (κ3) is 4.02. The molecule has 1 aliphatic heterocycles. The Hall–Kier alpha value is -2.16. The second-order valence-electron chi connectivity index (χ2n) is 5.93. The fraction of sp³-hybridized carbons (Fsp3) is 0.533. The van der Waals surface area contributed by atoms with Crippen LogP contribution in [0.15, 0.2) is 18.2 Å². The van der Waals surface area contributed by atoms with E-state index >= 15 is 0 Å². The largest absolute Gasteiger partial charge is 0.414 e. The van der Waals surface area contributed by atoms with Crippen LogP contribution in [0.25, 0.3) is 0 Å². The molecule has 1 aromatic rings. The number of aliphatic hydroxyl groups excluding tert-OH is 1. The number of nitrogens with zero attached hydrogens (tertiary/aromatic N) is 2. The quantitative estimate of drug-likeness (QED) is 0.674. The summed E-state index contributed by atoms with van der Waals surface area (Å²) in [6, 6.07) is 4.00. The number of carbonyl (C=O) groups excluding carboxylic acids is 1. The second kappa shape index (κ2) is 6.76. The molecule has 0 saturated carbocycles. The van der Waals surface area contributed by atoms with Crippen LogP contribution in [-0.2, 0) is 0 Å². The first-order valence-electron chi connectivity index (χ1n) is 7.39. The van der Waals surface area contributed by atoms with E-state index in [1.54, 1.807) is 6.92 Å². The molecule has 1 amide bonds. The molecule has 1 N–H and O–H groups in total. The Morgan fingerprint density at radius 3 is 2.42 bits per heavy atom. The van der Waals surface area contributed by atoms with Gasteiger partial charge in [0, 0.05) is 30.8 Å². The summed E-state index contributed by atoms with van der Waals surface area (Å²) < 4.78 is 37.6. The molecule has 0 radical (unpaired) electrons. The van der Waals surface area contributed by atoms with E-state index < -0.39 is 29.0 Å². The molecule has 6 nitrogen and oxygen atoms in total. The molecule has 2 rings (SSSR count). The fourth-order valence-electron chi connectivity index (χ4n) is 2.86. The normalized spacial score (nSPS) is 17.6. The minimum Gasteiger partial charge on any atom is -0.383 e. The van der Waals surface area contributed by atoms with Crippen LogP contribution in [-0.4, -0.2) is 46.2 Å². The molecule has 0 aliphatic carbocycles. The third-order valence-corrected chi connectivity index (χ3v) is 4.13. The summed E-state index contributed by atoms with van der Waals surface area (Å²) in [5, 5.41) is 20.1. The maximum atomic E-state index is 12.5. The lowest BCUT2D eigenvalue weighted by atomic mass is 9.90. The highest BCUT2D eigenvalue weighted by atomic mass is 19.4. The zero-order valence-corrected chi connectivity index (χ0v) is 12.9. The average molecular weight is 346 g/mol. The molecular formula is C15H17F3N2O4. The van der Waals surface area contributed by atoms with Crippen LogP contribution in [0.2, 0.25) is 0 Å². The number of non-ortho nitro benzene ring substituents is 1. The molecule has 1 atom stereocenters. The topological polar surface area (TPSA) is 83.7 Å². The number of nitro benzene ring substituents is 1. The predicted molar refractivity (Wildman–Crippen MR) is 78.5 cm³/mol. The van der Waals surface area contributed by atoms with E-state index in [0.29, 0.717) is 5.56 Å². The van der Waals surface area contributed by atoms with Gasteiger partial charge in [0.05, 0.1) is 4.92 Å². The first kappa shape index (κ1) is 18.2. The van der Waals surface area contributed by atoms with Crippen molar-refractivity contribution in [1.82, 2.24) is 4.90 Å². The molecule has 1 unspecified atom stereocenters. The fourth-order valence-corrected chi connectivity index (χ4v) is 2.86. The maximum absolute atomic E-state index is 12.5. The van der Waals surface area contributed by atoms with Gasteiger partial charge < -0.3 is 10.0 Å². The van der Waals surface area contributed by atoms with Crippen LogP contribution in [0.5, 0.6) is 0 Å². The van der Waals surface area contributed by atoms with Crippen molar-refractivity contribution in [2.75, 3.05) is 13.1 Å². The number of hydrogen-bond donors (Lipinski definition) is 1. The SMILES string of the molecule is Cc1cc(C(=O)N2CCC(C(O)C(F)(F)F)CC2)cc([N+](=O)[O-])c1. The van der Waals surface area contributed by atoms with Gasteiger partial charge in [-0.05, 0) is 37.3 Å². The van der Waals surface area contributed by atoms with Gasteiger partial charge >= 0.3 is 6.18 Å². The summed E-state index contributed by atoms with van der Waals surface area (Å²) in [4.78, 5) is 24.0. The van der Waals surface area contributed by atoms with Gasteiger partial charge in [-0.1, -0.05) is 0 Å². The van der Waals surface area contributed by atoms with Gasteiger partial charge in [0.15, 0.2) is 6.10 Å². The number of alkyl halides is 3. The zero-order valence-electron chi connectivity index (χ0n) is 12.9. The maximum Gasteiger partial charge on any atom is 0.414 e. The summed E-state index contributed by atoms with van der Waals surface area (Å²) in [6.45, 7) is 1.76. The molecule has 1 heterocycles. The predicted octanol–water partition coefficient (Wildman–Crippen LogP) is 2.68. The number of rotatable bonds is 3. The van der Waals surface area contributed by atoms with Crippen LogP contribution in [0.4, 0.5) is 18.9 Å². The number of aliphatic hydroxyl groups is 1. The number of piperidine rings is 1. The molecule has 1 saturated heterocycles. The average Bonchev–Trinajstić information content (AvgIpc) is 2.52. The van der Waals surface area contributed by atoms with Crippen LogP contribution in [0.1, 0.15) is 28.8 Å². The Labute approximate surface area is 136 Å². The highest BCUT2D eigenvalue weighted by molar-refractivity contribution is 5.95. The summed E-state index contributed by atoms with van der Waals surface area (Å²) in [7, 11) is 0. The lowest BCUT2D eigenvalue weighted by Crippen LogP contribution is -2.45. The van der Waals surface area contributed by atoms with E-state index in [0.717, 1.165) is 6.07 Å². The standard InChI is InChI=1S/C15H17F3N2O4/c1-9-6-11(8-12(7-9)20(23)24)14(22)19-4-2-10(3-5-19)13(21)15(16,17)18/h6-8,10,13,21H,2-5H2,1H3. The van der Waals surface area contributed by atoms with Crippen molar-refractivity contribution in [3.8, 4) is 0 Å². The molecular weight excluding hydrogens is 329 g/mol. The third-order valence-electron chi connectivity index (χ3n) is 4.13. The van der Waals surface area contributed by atoms with E-state index in [4.69, 9.17) is 0 Å². The molecule has 132 valence electrons. The van der Waals surface area contributed by atoms with Crippen LogP contribution in [0.3, 0.4) is 0 Å². The Morgan fingerprint density at radius 1 is 1.33 bits per heavy atom. The van der Waals surface area contributed by atoms with Crippen molar-refractivity contribution in [1.29, 1.82) is 0 Å². The number of aryl methyl sites for hydroxylation is 1. The summed E-state index contributed by atoms with van der Waals surface area (Å²) in [6.07, 6.45) is -7.01. The minimum atomic E-state index is -4.67. The van der Waals surface area contributed by atoms with Crippen molar-refractivity contribution in [2.45, 2.75) is 32.0 Å². The highest BCUT2D eigenvalue weighted by Gasteiger charge is 2.44. The highest BCUT2D eigenvalue weighted by Crippen LogP contribution is 2.32. The Morgan fingerprint density at radius 2 is 1.92 bits per heavy atom. The number of likely N-dealkylation sites (tertiary alicyclic amines) is 1. The van der Waals surface area contributed by atoms with Gasteiger partial charge in [0.25, 0.3) is 11.6 Å². The van der Waals surface area contributed by atoms with Crippen molar-refractivity contribution in [3.63, 3.8) is 0 Å². The minimum absolute atomic E-state index is 0.0281. The van der Waals surface area contributed by atoms with Gasteiger partial charge in [-0.25, -0.2) is 0 Å². The number of carbonyl (C=O) groups is 1. The summed E-state index contributed by atoms with van der Waals surface area (Å²) in [5.41, 5.74) is 0.479. The van der Waals surface area contributed by atoms with E-state index in [9.17, 15) is 33.2 Å². The van der Waals surface area contributed by atoms with Gasteiger partial charge in [-0.2, -0.15) is 13.2 Å². The summed E-state index contributed by atoms with van der Waals surface area (Å²) in [5.74, 6) is -1.40. The Bertz CT molecular complexity index is 640. The Kier molecular flexibility index (Phi) is 5.12. The first-order valence-corrected chi connectivity index (χ1v) is 7.39. The monoisotopic (exact) mass is 346 g/mol. The van der Waals surface area contributed by atoms with E-state index in [2.05, 4.69) is 0 Å². The number of hydrogen-bond acceptors (Lipinski definition) is 4. The van der Waals surface area contributed by atoms with Gasteiger partial charge in [0.2, 0.25) is 0 Å². The van der Waals surface area contributed by atoms with Crippen LogP contribution < -0.4 is 0 Å². The van der Waals surface area contributed by atoms with Crippen molar-refractivity contribution in [3.05, 3.63) is 39.4 Å². The lowest BCUT2D eigenvalue weighted by Gasteiger charge is -2.34. The molecule has 0 bridgehead atoms. The second-order valence-corrected chi connectivity index (χ2v) is 5.93. The van der Waals surface area contributed by atoms with E-state index in [1.807, 2.05) is 0 Å². The van der Waals surface area contributed by atoms with Crippen LogP contribution in [0, 0.1) is 23.0 Å². The van der Waals surface area contributed by atoms with Crippen LogP contribution >= 0.6 is 0 Å². The molecule has 9 heteroatoms. The van der Waals surface area contributed by atoms with Gasteiger partial charge in [-0.15, -0.1) is 0 Å². The van der Waals surface area contributed by atoms with Crippen molar-refractivity contribution >= 4 is 11.6 Å². The molecule has 1 fully saturated rings. The Balaban J connectivity index is 2.07.